The maximum Gasteiger partial charge on any atom is 0.244 e. The monoisotopic (exact) mass is 378 g/mol. The number of nitrogen functional groups attached to an aromatic ring is 1. The van der Waals surface area contributed by atoms with Gasteiger partial charge in [-0.05, 0) is 40.9 Å². The molecule has 0 amide bonds. The molecule has 0 aliphatic heterocycles. The van der Waals surface area contributed by atoms with E-state index in [2.05, 4.69) is 15.9 Å². The molecule has 1 aliphatic rings. The smallest absolute Gasteiger partial charge is 0.244 e. The van der Waals surface area contributed by atoms with E-state index in [4.69, 9.17) is 5.73 Å². The second-order valence-corrected chi connectivity index (χ2v) is 8.02. The summed E-state index contributed by atoms with van der Waals surface area (Å²) in [6.45, 7) is 2.23. The molecule has 0 heterocycles. The number of nitrogens with two attached hydrogens (primary N) is 1. The Labute approximate surface area is 133 Å². The lowest BCUT2D eigenvalue weighted by Gasteiger charge is -2.32. The Balaban J connectivity index is 2.41. The van der Waals surface area contributed by atoms with Crippen LogP contribution in [0.25, 0.3) is 0 Å². The molecule has 0 unspecified atom stereocenters. The topological polar surface area (TPSA) is 63.4 Å². The first-order valence-electron chi connectivity index (χ1n) is 7.14. The molecule has 0 atom stereocenters. The van der Waals surface area contributed by atoms with Crippen molar-refractivity contribution in [1.29, 1.82) is 0 Å². The number of sulfonamides is 1. The van der Waals surface area contributed by atoms with Gasteiger partial charge in [-0.2, -0.15) is 4.31 Å². The zero-order valence-corrected chi connectivity index (χ0v) is 14.4. The molecule has 1 saturated carbocycles. The van der Waals surface area contributed by atoms with Gasteiger partial charge < -0.3 is 5.73 Å². The van der Waals surface area contributed by atoms with Gasteiger partial charge in [0, 0.05) is 17.1 Å². The first-order chi connectivity index (χ1) is 9.87. The first-order valence-corrected chi connectivity index (χ1v) is 9.37. The fraction of sp³-hybridized carbons (Fsp3) is 0.571. The van der Waals surface area contributed by atoms with Crippen LogP contribution in [0.1, 0.15) is 39.0 Å². The molecule has 4 nitrogen and oxygen atoms in total. The van der Waals surface area contributed by atoms with Gasteiger partial charge in [0.2, 0.25) is 10.0 Å². The third kappa shape index (κ3) is 3.40. The highest BCUT2D eigenvalue weighted by molar-refractivity contribution is 9.10. The predicted molar refractivity (Wildman–Crippen MR) is 85.0 cm³/mol. The molecule has 1 fully saturated rings. The molecule has 0 spiro atoms. The van der Waals surface area contributed by atoms with Crippen molar-refractivity contribution in [3.63, 3.8) is 0 Å². The van der Waals surface area contributed by atoms with Crippen molar-refractivity contribution in [3.05, 3.63) is 22.4 Å². The lowest BCUT2D eigenvalue weighted by molar-refractivity contribution is 0.261. The van der Waals surface area contributed by atoms with Crippen LogP contribution in [0.15, 0.2) is 21.5 Å². The lowest BCUT2D eigenvalue weighted by Crippen LogP contribution is -2.41. The second kappa shape index (κ2) is 6.62. The standard InChI is InChI=1S/C14H20BrFN2O2S/c1-2-18(10-6-4-3-5-7-10)21(19,20)14-9-13(17)12(16)8-11(14)15/h8-10H,2-7,17H2,1H3. The van der Waals surface area contributed by atoms with Crippen molar-refractivity contribution in [2.24, 2.45) is 0 Å². The zero-order valence-electron chi connectivity index (χ0n) is 12.0. The van der Waals surface area contributed by atoms with E-state index in [1.165, 1.54) is 10.4 Å². The highest BCUT2D eigenvalue weighted by atomic mass is 79.9. The molecule has 118 valence electrons. The highest BCUT2D eigenvalue weighted by Crippen LogP contribution is 2.32. The van der Waals surface area contributed by atoms with Gasteiger partial charge in [0.25, 0.3) is 0 Å². The van der Waals surface area contributed by atoms with E-state index in [1.54, 1.807) is 0 Å². The Hall–Kier alpha value is -0.660. The molecule has 1 aromatic rings. The Morgan fingerprint density at radius 1 is 1.33 bits per heavy atom. The van der Waals surface area contributed by atoms with E-state index >= 15 is 0 Å². The number of rotatable bonds is 4. The van der Waals surface area contributed by atoms with Gasteiger partial charge in [-0.1, -0.05) is 26.2 Å². The van der Waals surface area contributed by atoms with Crippen LogP contribution >= 0.6 is 15.9 Å². The fourth-order valence-corrected chi connectivity index (χ4v) is 5.57. The van der Waals surface area contributed by atoms with E-state index in [0.29, 0.717) is 6.54 Å². The molecule has 1 aliphatic carbocycles. The SMILES string of the molecule is CCN(C1CCCCC1)S(=O)(=O)c1cc(N)c(F)cc1Br. The quantitative estimate of drug-likeness (QED) is 0.815. The molecule has 1 aromatic carbocycles. The van der Waals surface area contributed by atoms with Gasteiger partial charge in [-0.25, -0.2) is 12.8 Å². The second-order valence-electron chi connectivity index (χ2n) is 5.30. The first kappa shape index (κ1) is 16.7. The molecule has 0 aromatic heterocycles. The van der Waals surface area contributed by atoms with Gasteiger partial charge in [-0.3, -0.25) is 0 Å². The zero-order chi connectivity index (χ0) is 15.6. The van der Waals surface area contributed by atoms with Crippen LogP contribution < -0.4 is 5.73 Å². The van der Waals surface area contributed by atoms with Crippen molar-refractivity contribution in [3.8, 4) is 0 Å². The van der Waals surface area contributed by atoms with E-state index in [-0.39, 0.29) is 21.1 Å². The number of benzene rings is 1. The number of nitrogens with zero attached hydrogens (tertiary/aromatic N) is 1. The van der Waals surface area contributed by atoms with Crippen LogP contribution in [0.5, 0.6) is 0 Å². The molecule has 2 rings (SSSR count). The van der Waals surface area contributed by atoms with Crippen LogP contribution in [-0.4, -0.2) is 25.3 Å². The maximum atomic E-state index is 13.4. The predicted octanol–water partition coefficient (Wildman–Crippen LogP) is 3.51. The van der Waals surface area contributed by atoms with Gasteiger partial charge in [-0.15, -0.1) is 0 Å². The summed E-state index contributed by atoms with van der Waals surface area (Å²) in [6.07, 6.45) is 5.00. The molecule has 7 heteroatoms. The summed E-state index contributed by atoms with van der Waals surface area (Å²) in [7, 11) is -3.68. The van der Waals surface area contributed by atoms with Crippen LogP contribution in [-0.2, 0) is 10.0 Å². The highest BCUT2D eigenvalue weighted by Gasteiger charge is 2.32. The third-order valence-electron chi connectivity index (χ3n) is 3.93. The molecule has 2 N–H and O–H groups in total. The summed E-state index contributed by atoms with van der Waals surface area (Å²) in [5.74, 6) is -0.624. The van der Waals surface area contributed by atoms with E-state index in [9.17, 15) is 12.8 Å². The summed E-state index contributed by atoms with van der Waals surface area (Å²) in [4.78, 5) is 0.0359. The minimum absolute atomic E-state index is 0.0203. The molecule has 21 heavy (non-hydrogen) atoms. The third-order valence-corrected chi connectivity index (χ3v) is 6.92. The van der Waals surface area contributed by atoms with Crippen molar-refractivity contribution >= 4 is 31.6 Å². The average molecular weight is 379 g/mol. The van der Waals surface area contributed by atoms with E-state index in [1.807, 2.05) is 6.92 Å². The Kier molecular flexibility index (Phi) is 5.27. The van der Waals surface area contributed by atoms with Gasteiger partial charge in [0.1, 0.15) is 5.82 Å². The summed E-state index contributed by atoms with van der Waals surface area (Å²) in [5, 5.41) is 0. The Morgan fingerprint density at radius 2 is 1.95 bits per heavy atom. The molecule has 0 bridgehead atoms. The van der Waals surface area contributed by atoms with Crippen molar-refractivity contribution < 1.29 is 12.8 Å². The average Bonchev–Trinajstić information content (AvgIpc) is 2.44. The molecular formula is C14H20BrFN2O2S. The largest absolute Gasteiger partial charge is 0.396 e. The number of anilines is 1. The van der Waals surface area contributed by atoms with Crippen molar-refractivity contribution in [2.75, 3.05) is 12.3 Å². The van der Waals surface area contributed by atoms with Crippen LogP contribution in [0.4, 0.5) is 10.1 Å². The number of halogens is 2. The summed E-state index contributed by atoms with van der Waals surface area (Å²) >= 11 is 3.14. The van der Waals surface area contributed by atoms with Gasteiger partial charge >= 0.3 is 0 Å². The van der Waals surface area contributed by atoms with Crippen LogP contribution in [0.2, 0.25) is 0 Å². The Bertz CT molecular complexity index is 616. The van der Waals surface area contributed by atoms with Gasteiger partial charge in [0.05, 0.1) is 10.6 Å². The summed E-state index contributed by atoms with van der Waals surface area (Å²) in [6, 6.07) is 2.32. The van der Waals surface area contributed by atoms with Crippen molar-refractivity contribution in [1.82, 2.24) is 4.31 Å². The van der Waals surface area contributed by atoms with Gasteiger partial charge in [0.15, 0.2) is 0 Å². The summed E-state index contributed by atoms with van der Waals surface area (Å²) < 4.78 is 40.9. The number of hydrogen-bond acceptors (Lipinski definition) is 3. The fourth-order valence-electron chi connectivity index (χ4n) is 2.86. The van der Waals surface area contributed by atoms with E-state index in [0.717, 1.165) is 38.2 Å². The normalized spacial score (nSPS) is 17.3. The maximum absolute atomic E-state index is 13.4. The molecule has 0 radical (unpaired) electrons. The minimum atomic E-state index is -3.68. The lowest BCUT2D eigenvalue weighted by atomic mass is 9.95. The van der Waals surface area contributed by atoms with Crippen LogP contribution in [0, 0.1) is 5.82 Å². The Morgan fingerprint density at radius 3 is 2.52 bits per heavy atom. The molecule has 0 saturated heterocycles. The minimum Gasteiger partial charge on any atom is -0.396 e. The van der Waals surface area contributed by atoms with Crippen molar-refractivity contribution in [2.45, 2.75) is 50.0 Å². The van der Waals surface area contributed by atoms with Crippen LogP contribution in [0.3, 0.4) is 0 Å². The van der Waals surface area contributed by atoms with E-state index < -0.39 is 15.8 Å². The number of hydrogen-bond donors (Lipinski definition) is 1. The summed E-state index contributed by atoms with van der Waals surface area (Å²) in [5.41, 5.74) is 5.37. The molecular weight excluding hydrogens is 359 g/mol.